The molecule has 0 saturated heterocycles. The van der Waals surface area contributed by atoms with Crippen molar-refractivity contribution in [2.75, 3.05) is 26.0 Å². The van der Waals surface area contributed by atoms with E-state index in [9.17, 15) is 8.42 Å². The molecule has 8 heteroatoms. The van der Waals surface area contributed by atoms with E-state index in [0.717, 1.165) is 43.9 Å². The largest absolute Gasteiger partial charge is 0.396 e. The maximum Gasteiger partial charge on any atom is 0.191 e. The van der Waals surface area contributed by atoms with Gasteiger partial charge in [-0.3, -0.25) is 0 Å². The van der Waals surface area contributed by atoms with Gasteiger partial charge in [0.15, 0.2) is 15.8 Å². The molecule has 0 bridgehead atoms. The number of hydrogen-bond donors (Lipinski definition) is 3. The van der Waals surface area contributed by atoms with Crippen LogP contribution in [0.2, 0.25) is 0 Å². The smallest absolute Gasteiger partial charge is 0.191 e. The summed E-state index contributed by atoms with van der Waals surface area (Å²) >= 11 is 0. The number of aliphatic hydroxyl groups excluding tert-OH is 1. The van der Waals surface area contributed by atoms with Crippen molar-refractivity contribution >= 4 is 39.8 Å². The normalized spacial score (nSPS) is 13.0. The van der Waals surface area contributed by atoms with Crippen LogP contribution in [0.5, 0.6) is 0 Å². The van der Waals surface area contributed by atoms with Crippen LogP contribution in [0.3, 0.4) is 0 Å². The molecule has 0 radical (unpaired) electrons. The van der Waals surface area contributed by atoms with Crippen molar-refractivity contribution in [3.05, 3.63) is 29.8 Å². The summed E-state index contributed by atoms with van der Waals surface area (Å²) in [5.41, 5.74) is 0.949. The Hall–Kier alpha value is -0.870. The molecule has 0 amide bonds. The molecule has 0 fully saturated rings. The van der Waals surface area contributed by atoms with Crippen molar-refractivity contribution in [1.29, 1.82) is 0 Å². The van der Waals surface area contributed by atoms with Crippen LogP contribution in [0.4, 0.5) is 0 Å². The van der Waals surface area contributed by atoms with E-state index in [4.69, 9.17) is 5.11 Å². The molecule has 0 aliphatic rings. The maximum absolute atomic E-state index is 11.5. The number of guanidine groups is 1. The summed E-state index contributed by atoms with van der Waals surface area (Å²) in [7, 11) is -3.17. The molecule has 1 rings (SSSR count). The number of rotatable bonds is 10. The monoisotopic (exact) mass is 497 g/mol. The zero-order valence-corrected chi connectivity index (χ0v) is 19.0. The molecule has 150 valence electrons. The van der Waals surface area contributed by atoms with E-state index >= 15 is 0 Å². The Morgan fingerprint density at radius 3 is 2.31 bits per heavy atom. The highest BCUT2D eigenvalue weighted by atomic mass is 127. The molecule has 3 N–H and O–H groups in total. The molecule has 26 heavy (non-hydrogen) atoms. The standard InChI is InChI=1S/C18H31N3O3S.HI/c1-4-6-15(11-12-22)13-20-18(19-5-2)21-14-16-7-9-17(10-8-16)25(3,23)24;/h7-10,15,22H,4-6,11-14H2,1-3H3,(H2,19,20,21);1H. The summed E-state index contributed by atoms with van der Waals surface area (Å²) in [6, 6.07) is 6.79. The van der Waals surface area contributed by atoms with Crippen LogP contribution in [0.15, 0.2) is 34.2 Å². The number of sulfone groups is 1. The second-order valence-corrected chi connectivity index (χ2v) is 8.17. The molecular formula is C18H32IN3O3S. The van der Waals surface area contributed by atoms with Gasteiger partial charge in [-0.25, -0.2) is 13.4 Å². The van der Waals surface area contributed by atoms with Crippen LogP contribution in [0, 0.1) is 5.92 Å². The van der Waals surface area contributed by atoms with E-state index in [-0.39, 0.29) is 30.6 Å². The number of nitrogens with zero attached hydrogens (tertiary/aromatic N) is 1. The third-order valence-corrected chi connectivity index (χ3v) is 5.04. The quantitative estimate of drug-likeness (QED) is 0.263. The van der Waals surface area contributed by atoms with Crippen molar-refractivity contribution in [2.45, 2.75) is 44.6 Å². The lowest BCUT2D eigenvalue weighted by Gasteiger charge is -2.18. The molecule has 0 aromatic heterocycles. The third-order valence-electron chi connectivity index (χ3n) is 3.91. The molecule has 0 heterocycles. The molecule has 1 atom stereocenters. The molecule has 1 aromatic carbocycles. The highest BCUT2D eigenvalue weighted by Crippen LogP contribution is 2.11. The molecule has 0 saturated carbocycles. The van der Waals surface area contributed by atoms with Crippen LogP contribution in [0.1, 0.15) is 38.7 Å². The van der Waals surface area contributed by atoms with E-state index in [1.54, 1.807) is 24.3 Å². The minimum Gasteiger partial charge on any atom is -0.396 e. The van der Waals surface area contributed by atoms with Crippen LogP contribution < -0.4 is 10.6 Å². The molecule has 0 spiro atoms. The Bertz CT molecular complexity index is 628. The van der Waals surface area contributed by atoms with Gasteiger partial charge < -0.3 is 15.7 Å². The van der Waals surface area contributed by atoms with Crippen molar-refractivity contribution in [3.63, 3.8) is 0 Å². The lowest BCUT2D eigenvalue weighted by molar-refractivity contribution is 0.251. The fourth-order valence-corrected chi connectivity index (χ4v) is 3.16. The van der Waals surface area contributed by atoms with Gasteiger partial charge >= 0.3 is 0 Å². The number of halogens is 1. The fraction of sp³-hybridized carbons (Fsp3) is 0.611. The van der Waals surface area contributed by atoms with Crippen LogP contribution >= 0.6 is 24.0 Å². The average molecular weight is 497 g/mol. The number of aliphatic hydroxyl groups is 1. The lowest BCUT2D eigenvalue weighted by Crippen LogP contribution is -2.40. The van der Waals surface area contributed by atoms with E-state index in [2.05, 4.69) is 22.5 Å². The maximum atomic E-state index is 11.5. The third kappa shape index (κ3) is 9.72. The van der Waals surface area contributed by atoms with Gasteiger partial charge in [0, 0.05) is 26.0 Å². The Kier molecular flexibility index (Phi) is 12.9. The summed E-state index contributed by atoms with van der Waals surface area (Å²) in [5.74, 6) is 1.15. The minimum absolute atomic E-state index is 0. The first-order valence-electron chi connectivity index (χ1n) is 8.82. The summed E-state index contributed by atoms with van der Waals surface area (Å²) in [6.45, 7) is 6.36. The first-order chi connectivity index (χ1) is 11.9. The van der Waals surface area contributed by atoms with Gasteiger partial charge in [-0.1, -0.05) is 25.5 Å². The van der Waals surface area contributed by atoms with E-state index < -0.39 is 9.84 Å². The predicted molar refractivity (Wildman–Crippen MR) is 118 cm³/mol. The molecular weight excluding hydrogens is 465 g/mol. The van der Waals surface area contributed by atoms with Crippen LogP contribution in [-0.2, 0) is 16.4 Å². The summed E-state index contributed by atoms with van der Waals surface area (Å²) in [4.78, 5) is 4.87. The number of aliphatic imine (C=N–C) groups is 1. The van der Waals surface area contributed by atoms with Crippen molar-refractivity contribution in [1.82, 2.24) is 10.6 Å². The Morgan fingerprint density at radius 2 is 1.81 bits per heavy atom. The highest BCUT2D eigenvalue weighted by Gasteiger charge is 2.09. The number of benzene rings is 1. The van der Waals surface area contributed by atoms with E-state index in [0.29, 0.717) is 17.4 Å². The molecule has 0 aliphatic carbocycles. The molecule has 0 aliphatic heterocycles. The van der Waals surface area contributed by atoms with Crippen LogP contribution in [-0.4, -0.2) is 45.4 Å². The SMILES string of the molecule is CCCC(CCO)CNC(=NCc1ccc(S(C)(=O)=O)cc1)NCC.I. The second kappa shape index (κ2) is 13.3. The van der Waals surface area contributed by atoms with Gasteiger partial charge in [0.1, 0.15) is 0 Å². The molecule has 1 unspecified atom stereocenters. The topological polar surface area (TPSA) is 90.8 Å². The van der Waals surface area contributed by atoms with Gasteiger partial charge in [0.25, 0.3) is 0 Å². The number of hydrogen-bond acceptors (Lipinski definition) is 4. The second-order valence-electron chi connectivity index (χ2n) is 6.16. The van der Waals surface area contributed by atoms with Crippen LogP contribution in [0.25, 0.3) is 0 Å². The van der Waals surface area contributed by atoms with Crippen molar-refractivity contribution < 1.29 is 13.5 Å². The Balaban J connectivity index is 0.00000625. The molecule has 1 aromatic rings. The fourth-order valence-electron chi connectivity index (χ4n) is 2.53. The first kappa shape index (κ1) is 25.1. The van der Waals surface area contributed by atoms with E-state index in [1.807, 2.05) is 6.92 Å². The molecule has 6 nitrogen and oxygen atoms in total. The summed E-state index contributed by atoms with van der Waals surface area (Å²) in [5, 5.41) is 15.7. The zero-order chi connectivity index (χ0) is 18.7. The van der Waals surface area contributed by atoms with Gasteiger partial charge in [-0.05, 0) is 43.4 Å². The average Bonchev–Trinajstić information content (AvgIpc) is 2.57. The predicted octanol–water partition coefficient (Wildman–Crippen LogP) is 2.56. The van der Waals surface area contributed by atoms with Gasteiger partial charge in [0.05, 0.1) is 11.4 Å². The van der Waals surface area contributed by atoms with Crippen molar-refractivity contribution in [2.24, 2.45) is 10.9 Å². The van der Waals surface area contributed by atoms with Crippen molar-refractivity contribution in [3.8, 4) is 0 Å². The highest BCUT2D eigenvalue weighted by molar-refractivity contribution is 14.0. The van der Waals surface area contributed by atoms with E-state index in [1.165, 1.54) is 6.26 Å². The minimum atomic E-state index is -3.17. The summed E-state index contributed by atoms with van der Waals surface area (Å²) < 4.78 is 23.0. The summed E-state index contributed by atoms with van der Waals surface area (Å²) in [6.07, 6.45) is 4.15. The zero-order valence-electron chi connectivity index (χ0n) is 15.9. The number of nitrogens with one attached hydrogen (secondary N) is 2. The van der Waals surface area contributed by atoms with Gasteiger partial charge in [0.2, 0.25) is 0 Å². The Morgan fingerprint density at radius 1 is 1.15 bits per heavy atom. The van der Waals surface area contributed by atoms with Gasteiger partial charge in [-0.15, -0.1) is 24.0 Å². The first-order valence-corrected chi connectivity index (χ1v) is 10.7. The lowest BCUT2D eigenvalue weighted by atomic mass is 10.0. The Labute approximate surface area is 174 Å². The van der Waals surface area contributed by atoms with Gasteiger partial charge in [-0.2, -0.15) is 0 Å².